The van der Waals surface area contributed by atoms with Crippen LogP contribution in [0.25, 0.3) is 11.1 Å². The number of benzene rings is 2. The molecule has 2 amide bonds. The zero-order valence-electron chi connectivity index (χ0n) is 16.4. The summed E-state index contributed by atoms with van der Waals surface area (Å²) in [6.45, 7) is 3.25. The van der Waals surface area contributed by atoms with E-state index in [9.17, 15) is 9.59 Å². The highest BCUT2D eigenvalue weighted by Crippen LogP contribution is 2.42. The first kappa shape index (κ1) is 20.4. The number of fused-ring (bicyclic) bond motifs is 1. The van der Waals surface area contributed by atoms with E-state index in [1.807, 2.05) is 37.3 Å². The smallest absolute Gasteiger partial charge is 0.263 e. The lowest BCUT2D eigenvalue weighted by Crippen LogP contribution is -2.59. The molecule has 0 fully saturated rings. The molecule has 0 spiro atoms. The first-order chi connectivity index (χ1) is 14.3. The Kier molecular flexibility index (Phi) is 5.26. The fourth-order valence-electron chi connectivity index (χ4n) is 4.00. The summed E-state index contributed by atoms with van der Waals surface area (Å²) in [6, 6.07) is 14.6. The fourth-order valence-corrected chi connectivity index (χ4v) is 4.56. The Morgan fingerprint density at radius 1 is 1.07 bits per heavy atom. The lowest BCUT2D eigenvalue weighted by atomic mass is 10.0. The van der Waals surface area contributed by atoms with E-state index in [-0.39, 0.29) is 27.4 Å². The summed E-state index contributed by atoms with van der Waals surface area (Å²) < 4.78 is 0. The van der Waals surface area contributed by atoms with E-state index in [1.165, 1.54) is 6.92 Å². The first-order valence-corrected chi connectivity index (χ1v) is 10.2. The summed E-state index contributed by atoms with van der Waals surface area (Å²) in [7, 11) is 0. The van der Waals surface area contributed by atoms with Gasteiger partial charge in [0.05, 0.1) is 15.6 Å². The van der Waals surface area contributed by atoms with E-state index in [0.717, 1.165) is 16.7 Å². The summed E-state index contributed by atoms with van der Waals surface area (Å²) in [5.74, 6) is -0.601. The summed E-state index contributed by atoms with van der Waals surface area (Å²) in [6.07, 6.45) is 3.96. The number of carbonyl (C=O) groups excluding carboxylic acids is 2. The van der Waals surface area contributed by atoms with Crippen LogP contribution in [0.4, 0.5) is 5.69 Å². The van der Waals surface area contributed by atoms with Crippen LogP contribution in [0.3, 0.4) is 0 Å². The van der Waals surface area contributed by atoms with Crippen molar-refractivity contribution in [3.63, 3.8) is 0 Å². The maximum Gasteiger partial charge on any atom is 0.263 e. The van der Waals surface area contributed by atoms with Crippen LogP contribution in [0.1, 0.15) is 29.8 Å². The number of aromatic nitrogens is 1. The Bertz CT molecular complexity index is 1130. The van der Waals surface area contributed by atoms with Crippen molar-refractivity contribution in [1.82, 2.24) is 10.3 Å². The molecule has 7 heteroatoms. The van der Waals surface area contributed by atoms with Crippen LogP contribution in [-0.4, -0.2) is 22.5 Å². The molecule has 0 radical (unpaired) electrons. The number of nitrogens with one attached hydrogen (secondary N) is 1. The van der Waals surface area contributed by atoms with Crippen molar-refractivity contribution in [3.8, 4) is 11.1 Å². The van der Waals surface area contributed by atoms with E-state index >= 15 is 0 Å². The van der Waals surface area contributed by atoms with Crippen LogP contribution in [0, 0.1) is 0 Å². The highest BCUT2D eigenvalue weighted by atomic mass is 35.5. The van der Waals surface area contributed by atoms with Crippen molar-refractivity contribution in [2.45, 2.75) is 25.9 Å². The van der Waals surface area contributed by atoms with E-state index in [4.69, 9.17) is 23.2 Å². The highest BCUT2D eigenvalue weighted by molar-refractivity contribution is 6.40. The van der Waals surface area contributed by atoms with Crippen LogP contribution in [-0.2, 0) is 11.2 Å². The molecule has 1 aromatic heterocycles. The molecule has 3 aromatic rings. The second-order valence-electron chi connectivity index (χ2n) is 7.45. The van der Waals surface area contributed by atoms with Gasteiger partial charge in [-0.2, -0.15) is 0 Å². The molecule has 0 aliphatic carbocycles. The molecule has 1 N–H and O–H groups in total. The molecule has 1 atom stereocenters. The van der Waals surface area contributed by atoms with Gasteiger partial charge in [0.1, 0.15) is 5.66 Å². The van der Waals surface area contributed by atoms with Gasteiger partial charge in [-0.05, 0) is 53.9 Å². The summed E-state index contributed by atoms with van der Waals surface area (Å²) in [4.78, 5) is 31.3. The number of hydrogen-bond acceptors (Lipinski definition) is 3. The van der Waals surface area contributed by atoms with Crippen LogP contribution in [0.2, 0.25) is 10.0 Å². The molecule has 0 saturated carbocycles. The molecule has 2 heterocycles. The van der Waals surface area contributed by atoms with Gasteiger partial charge in [0, 0.05) is 31.4 Å². The summed E-state index contributed by atoms with van der Waals surface area (Å²) in [5, 5.41) is 3.46. The predicted molar refractivity (Wildman–Crippen MR) is 119 cm³/mol. The molecule has 1 aliphatic heterocycles. The van der Waals surface area contributed by atoms with E-state index in [1.54, 1.807) is 35.5 Å². The number of pyridine rings is 1. The molecule has 152 valence electrons. The minimum Gasteiger partial charge on any atom is -0.333 e. The minimum atomic E-state index is -0.957. The Morgan fingerprint density at radius 2 is 1.80 bits per heavy atom. The number of hydrogen-bond donors (Lipinski definition) is 1. The molecule has 0 bridgehead atoms. The number of amides is 2. The zero-order chi connectivity index (χ0) is 21.5. The second-order valence-corrected chi connectivity index (χ2v) is 8.27. The van der Waals surface area contributed by atoms with Crippen molar-refractivity contribution >= 4 is 40.7 Å². The van der Waals surface area contributed by atoms with E-state index < -0.39 is 5.66 Å². The number of nitrogens with zero attached hydrogens (tertiary/aromatic N) is 2. The number of anilines is 1. The van der Waals surface area contributed by atoms with Crippen molar-refractivity contribution in [2.24, 2.45) is 0 Å². The molecule has 30 heavy (non-hydrogen) atoms. The predicted octanol–water partition coefficient (Wildman–Crippen LogP) is 5.11. The van der Waals surface area contributed by atoms with Gasteiger partial charge >= 0.3 is 0 Å². The van der Waals surface area contributed by atoms with Crippen LogP contribution < -0.4 is 10.2 Å². The Labute approximate surface area is 184 Å². The van der Waals surface area contributed by atoms with Crippen molar-refractivity contribution in [1.29, 1.82) is 0 Å². The van der Waals surface area contributed by atoms with Gasteiger partial charge < -0.3 is 5.32 Å². The number of rotatable bonds is 3. The zero-order valence-corrected chi connectivity index (χ0v) is 18.0. The van der Waals surface area contributed by atoms with Gasteiger partial charge in [-0.3, -0.25) is 19.5 Å². The lowest BCUT2D eigenvalue weighted by Gasteiger charge is -2.36. The molecule has 0 saturated heterocycles. The van der Waals surface area contributed by atoms with Gasteiger partial charge in [-0.25, -0.2) is 0 Å². The highest BCUT2D eigenvalue weighted by Gasteiger charge is 2.45. The Morgan fingerprint density at radius 3 is 2.43 bits per heavy atom. The summed E-state index contributed by atoms with van der Waals surface area (Å²) in [5.41, 5.74) is 2.85. The maximum atomic E-state index is 13.6. The topological polar surface area (TPSA) is 62.3 Å². The standard InChI is InChI=1S/C23H19Cl2N3O2/c1-14(29)27-23(2)12-17-11-15(16-5-4-10-26-13-16)8-9-20(17)28(23)22(30)21-18(24)6-3-7-19(21)25/h3-11,13H,12H2,1-2H3,(H,27,29). The third-order valence-electron chi connectivity index (χ3n) is 5.17. The molecule has 1 unspecified atom stereocenters. The molecule has 2 aromatic carbocycles. The fraction of sp³-hybridized carbons (Fsp3) is 0.174. The SMILES string of the molecule is CC(=O)NC1(C)Cc2cc(-c3cccnc3)ccc2N1C(=O)c1c(Cl)cccc1Cl. The molecular weight excluding hydrogens is 421 g/mol. The van der Waals surface area contributed by atoms with Gasteiger partial charge in [-0.15, -0.1) is 0 Å². The summed E-state index contributed by atoms with van der Waals surface area (Å²) >= 11 is 12.6. The lowest BCUT2D eigenvalue weighted by molar-refractivity contribution is -0.120. The Hall–Kier alpha value is -2.89. The number of halogens is 2. The molecule has 5 nitrogen and oxygen atoms in total. The van der Waals surface area contributed by atoms with Crippen LogP contribution >= 0.6 is 23.2 Å². The van der Waals surface area contributed by atoms with Gasteiger partial charge in [-0.1, -0.05) is 41.4 Å². The van der Waals surface area contributed by atoms with Crippen molar-refractivity contribution in [2.75, 3.05) is 4.90 Å². The van der Waals surface area contributed by atoms with E-state index in [2.05, 4.69) is 10.3 Å². The largest absolute Gasteiger partial charge is 0.333 e. The average molecular weight is 440 g/mol. The maximum absolute atomic E-state index is 13.6. The van der Waals surface area contributed by atoms with E-state index in [0.29, 0.717) is 12.1 Å². The van der Waals surface area contributed by atoms with Crippen molar-refractivity contribution < 1.29 is 9.59 Å². The quantitative estimate of drug-likeness (QED) is 0.616. The Balaban J connectivity index is 1.84. The third-order valence-corrected chi connectivity index (χ3v) is 5.80. The number of carbonyl (C=O) groups is 2. The molecule has 1 aliphatic rings. The van der Waals surface area contributed by atoms with Crippen LogP contribution in [0.5, 0.6) is 0 Å². The van der Waals surface area contributed by atoms with Gasteiger partial charge in [0.25, 0.3) is 5.91 Å². The monoisotopic (exact) mass is 439 g/mol. The van der Waals surface area contributed by atoms with Gasteiger partial charge in [0.2, 0.25) is 5.91 Å². The van der Waals surface area contributed by atoms with Gasteiger partial charge in [0.15, 0.2) is 0 Å². The second kappa shape index (κ2) is 7.74. The normalized spacial score (nSPS) is 17.5. The third kappa shape index (κ3) is 3.55. The molecular formula is C23H19Cl2N3O2. The van der Waals surface area contributed by atoms with Crippen molar-refractivity contribution in [3.05, 3.63) is 82.1 Å². The van der Waals surface area contributed by atoms with Crippen LogP contribution in [0.15, 0.2) is 60.9 Å². The molecule has 4 rings (SSSR count). The minimum absolute atomic E-state index is 0.210. The first-order valence-electron chi connectivity index (χ1n) is 9.41. The average Bonchev–Trinajstić information content (AvgIpc) is 2.98.